The van der Waals surface area contributed by atoms with Gasteiger partial charge in [-0.3, -0.25) is 4.90 Å². The molecule has 0 atom stereocenters. The minimum atomic E-state index is 0.428. The van der Waals surface area contributed by atoms with Gasteiger partial charge in [-0.1, -0.05) is 5.16 Å². The molecule has 17 heavy (non-hydrogen) atoms. The summed E-state index contributed by atoms with van der Waals surface area (Å²) >= 11 is 1.87. The maximum absolute atomic E-state index is 5.19. The smallest absolute Gasteiger partial charge is 0.232 e. The Kier molecular flexibility index (Phi) is 2.72. The second kappa shape index (κ2) is 4.23. The fourth-order valence-corrected chi connectivity index (χ4v) is 3.06. The van der Waals surface area contributed by atoms with Crippen LogP contribution in [-0.2, 0) is 6.54 Å². The lowest BCUT2D eigenvalue weighted by Gasteiger charge is -2.36. The van der Waals surface area contributed by atoms with Crippen LogP contribution in [-0.4, -0.2) is 28.1 Å². The maximum atomic E-state index is 5.19. The van der Waals surface area contributed by atoms with Crippen molar-refractivity contribution in [3.63, 3.8) is 0 Å². The fourth-order valence-electron chi connectivity index (χ4n) is 2.12. The van der Waals surface area contributed by atoms with E-state index in [1.807, 2.05) is 18.3 Å². The van der Waals surface area contributed by atoms with Crippen molar-refractivity contribution in [2.45, 2.75) is 26.3 Å². The molecule has 3 rings (SSSR count). The number of nitrogens with zero attached hydrogens (tertiary/aromatic N) is 3. The molecular weight excluding hydrogens is 234 g/mol. The SMILES string of the molecule is Cc1noc(C2CN(Cc3ccc(C)s3)C2)n1. The van der Waals surface area contributed by atoms with Crippen molar-refractivity contribution < 1.29 is 4.52 Å². The zero-order valence-corrected chi connectivity index (χ0v) is 10.8. The number of rotatable bonds is 3. The van der Waals surface area contributed by atoms with Crippen molar-refractivity contribution in [2.24, 2.45) is 0 Å². The third-order valence-electron chi connectivity index (χ3n) is 3.03. The van der Waals surface area contributed by atoms with Crippen molar-refractivity contribution in [3.05, 3.63) is 33.6 Å². The molecule has 1 saturated heterocycles. The van der Waals surface area contributed by atoms with Gasteiger partial charge in [0, 0.05) is 29.4 Å². The Bertz CT molecular complexity index is 513. The van der Waals surface area contributed by atoms with E-state index in [0.29, 0.717) is 5.92 Å². The fraction of sp³-hybridized carbons (Fsp3) is 0.500. The van der Waals surface area contributed by atoms with E-state index in [0.717, 1.165) is 31.3 Å². The average molecular weight is 249 g/mol. The molecule has 0 aliphatic carbocycles. The largest absolute Gasteiger partial charge is 0.339 e. The van der Waals surface area contributed by atoms with Gasteiger partial charge in [0.1, 0.15) is 0 Å². The minimum Gasteiger partial charge on any atom is -0.339 e. The first-order valence-electron chi connectivity index (χ1n) is 5.78. The first-order chi connectivity index (χ1) is 8.20. The third kappa shape index (κ3) is 2.25. The Morgan fingerprint density at radius 2 is 2.24 bits per heavy atom. The van der Waals surface area contributed by atoms with E-state index in [-0.39, 0.29) is 0 Å². The predicted octanol–water partition coefficient (Wildman–Crippen LogP) is 2.35. The van der Waals surface area contributed by atoms with Crippen molar-refractivity contribution in [2.75, 3.05) is 13.1 Å². The lowest BCUT2D eigenvalue weighted by molar-refractivity contribution is 0.118. The Balaban J connectivity index is 1.55. The third-order valence-corrected chi connectivity index (χ3v) is 4.01. The van der Waals surface area contributed by atoms with Crippen LogP contribution in [0.1, 0.15) is 27.4 Å². The number of thiophene rings is 1. The number of hydrogen-bond donors (Lipinski definition) is 0. The van der Waals surface area contributed by atoms with Gasteiger partial charge in [0.25, 0.3) is 0 Å². The van der Waals surface area contributed by atoms with E-state index >= 15 is 0 Å². The van der Waals surface area contributed by atoms with E-state index in [1.165, 1.54) is 9.75 Å². The van der Waals surface area contributed by atoms with Gasteiger partial charge in [0.2, 0.25) is 5.89 Å². The summed E-state index contributed by atoms with van der Waals surface area (Å²) in [4.78, 5) is 9.50. The summed E-state index contributed by atoms with van der Waals surface area (Å²) in [6.07, 6.45) is 0. The molecule has 5 heteroatoms. The van der Waals surface area contributed by atoms with Gasteiger partial charge in [-0.2, -0.15) is 4.98 Å². The molecule has 0 radical (unpaired) electrons. The van der Waals surface area contributed by atoms with Gasteiger partial charge >= 0.3 is 0 Å². The van der Waals surface area contributed by atoms with Crippen LogP contribution in [0.15, 0.2) is 16.7 Å². The molecule has 0 saturated carbocycles. The number of aryl methyl sites for hydroxylation is 2. The Hall–Kier alpha value is -1.20. The van der Waals surface area contributed by atoms with Gasteiger partial charge in [-0.25, -0.2) is 0 Å². The monoisotopic (exact) mass is 249 g/mol. The minimum absolute atomic E-state index is 0.428. The number of aromatic nitrogens is 2. The summed E-state index contributed by atoms with van der Waals surface area (Å²) in [5, 5.41) is 3.83. The Morgan fingerprint density at radius 1 is 1.41 bits per heavy atom. The van der Waals surface area contributed by atoms with Crippen LogP contribution in [0, 0.1) is 13.8 Å². The molecule has 1 aliphatic heterocycles. The Labute approximate surface area is 104 Å². The lowest BCUT2D eigenvalue weighted by Crippen LogP contribution is -2.44. The first kappa shape index (κ1) is 10.9. The highest BCUT2D eigenvalue weighted by Gasteiger charge is 2.32. The molecule has 2 aromatic heterocycles. The van der Waals surface area contributed by atoms with Crippen LogP contribution in [0.25, 0.3) is 0 Å². The molecule has 0 amide bonds. The molecule has 0 spiro atoms. The standard InChI is InChI=1S/C12H15N3OS/c1-8-3-4-11(17-8)7-15-5-10(6-15)12-13-9(2)14-16-12/h3-4,10H,5-7H2,1-2H3. The van der Waals surface area contributed by atoms with Crippen LogP contribution in [0.3, 0.4) is 0 Å². The first-order valence-corrected chi connectivity index (χ1v) is 6.60. The molecule has 0 aromatic carbocycles. The van der Waals surface area contributed by atoms with Gasteiger partial charge in [0.05, 0.1) is 5.92 Å². The molecule has 2 aromatic rings. The highest BCUT2D eigenvalue weighted by molar-refractivity contribution is 7.11. The van der Waals surface area contributed by atoms with E-state index in [4.69, 9.17) is 4.52 Å². The van der Waals surface area contributed by atoms with Crippen molar-refractivity contribution in [3.8, 4) is 0 Å². The maximum Gasteiger partial charge on any atom is 0.232 e. The van der Waals surface area contributed by atoms with Gasteiger partial charge in [0.15, 0.2) is 5.82 Å². The average Bonchev–Trinajstić information content (AvgIpc) is 2.81. The normalized spacial score (nSPS) is 17.3. The van der Waals surface area contributed by atoms with E-state index in [9.17, 15) is 0 Å². The summed E-state index contributed by atoms with van der Waals surface area (Å²) in [7, 11) is 0. The van der Waals surface area contributed by atoms with Crippen LogP contribution >= 0.6 is 11.3 Å². The summed E-state index contributed by atoms with van der Waals surface area (Å²) < 4.78 is 5.19. The van der Waals surface area contributed by atoms with Gasteiger partial charge in [-0.15, -0.1) is 11.3 Å². The van der Waals surface area contributed by atoms with E-state index < -0.39 is 0 Å². The molecular formula is C12H15N3OS. The van der Waals surface area contributed by atoms with E-state index in [2.05, 4.69) is 34.1 Å². The van der Waals surface area contributed by atoms with Crippen LogP contribution in [0.2, 0.25) is 0 Å². The van der Waals surface area contributed by atoms with Crippen molar-refractivity contribution >= 4 is 11.3 Å². The van der Waals surface area contributed by atoms with E-state index in [1.54, 1.807) is 0 Å². The summed E-state index contributed by atoms with van der Waals surface area (Å²) in [6.45, 7) is 7.10. The van der Waals surface area contributed by atoms with Crippen LogP contribution in [0.5, 0.6) is 0 Å². The van der Waals surface area contributed by atoms with Crippen LogP contribution in [0.4, 0.5) is 0 Å². The zero-order valence-electron chi connectivity index (χ0n) is 10.0. The molecule has 1 fully saturated rings. The summed E-state index contributed by atoms with van der Waals surface area (Å²) in [6, 6.07) is 4.39. The molecule has 0 bridgehead atoms. The molecule has 1 aliphatic rings. The topological polar surface area (TPSA) is 42.2 Å². The van der Waals surface area contributed by atoms with Crippen molar-refractivity contribution in [1.82, 2.24) is 15.0 Å². The summed E-state index contributed by atoms with van der Waals surface area (Å²) in [5.41, 5.74) is 0. The highest BCUT2D eigenvalue weighted by Crippen LogP contribution is 2.28. The zero-order chi connectivity index (χ0) is 11.8. The summed E-state index contributed by atoms with van der Waals surface area (Å²) in [5.74, 6) is 1.95. The molecule has 90 valence electrons. The second-order valence-corrected chi connectivity index (χ2v) is 5.96. The molecule has 4 nitrogen and oxygen atoms in total. The number of hydrogen-bond acceptors (Lipinski definition) is 5. The second-order valence-electron chi connectivity index (χ2n) is 4.58. The molecule has 3 heterocycles. The highest BCUT2D eigenvalue weighted by atomic mass is 32.1. The molecule has 0 unspecified atom stereocenters. The predicted molar refractivity (Wildman–Crippen MR) is 66.1 cm³/mol. The van der Waals surface area contributed by atoms with Gasteiger partial charge < -0.3 is 4.52 Å². The van der Waals surface area contributed by atoms with Gasteiger partial charge in [-0.05, 0) is 26.0 Å². The van der Waals surface area contributed by atoms with Crippen molar-refractivity contribution in [1.29, 1.82) is 0 Å². The number of likely N-dealkylation sites (tertiary alicyclic amines) is 1. The lowest BCUT2D eigenvalue weighted by atomic mass is 10.0. The molecule has 0 N–H and O–H groups in total. The van der Waals surface area contributed by atoms with Crippen LogP contribution < -0.4 is 0 Å². The quantitative estimate of drug-likeness (QED) is 0.837. The Morgan fingerprint density at radius 3 is 2.82 bits per heavy atom.